The van der Waals surface area contributed by atoms with E-state index in [1.165, 1.54) is 25.7 Å². The van der Waals surface area contributed by atoms with Crippen LogP contribution in [0.2, 0.25) is 0 Å². The second-order valence-electron chi connectivity index (χ2n) is 7.79. The molecule has 1 heterocycles. The summed E-state index contributed by atoms with van der Waals surface area (Å²) in [7, 11) is 1.89. The number of rotatable bonds is 6. The van der Waals surface area contributed by atoms with Crippen molar-refractivity contribution in [1.82, 2.24) is 9.55 Å². The molecule has 26 heavy (non-hydrogen) atoms. The van der Waals surface area contributed by atoms with Gasteiger partial charge in [-0.1, -0.05) is 0 Å². The van der Waals surface area contributed by atoms with Gasteiger partial charge in [0.1, 0.15) is 5.75 Å². The van der Waals surface area contributed by atoms with E-state index in [-0.39, 0.29) is 11.7 Å². The second kappa shape index (κ2) is 6.43. The van der Waals surface area contributed by atoms with E-state index in [4.69, 9.17) is 5.73 Å². The Bertz CT molecular complexity index is 805. The van der Waals surface area contributed by atoms with Gasteiger partial charge in [-0.15, -0.1) is 0 Å². The van der Waals surface area contributed by atoms with Crippen LogP contribution in [0.5, 0.6) is 5.75 Å². The summed E-state index contributed by atoms with van der Waals surface area (Å²) in [4.78, 5) is 16.9. The van der Waals surface area contributed by atoms with Crippen LogP contribution in [-0.4, -0.2) is 26.6 Å². The van der Waals surface area contributed by atoms with Gasteiger partial charge in [0.15, 0.2) is 0 Å². The van der Waals surface area contributed by atoms with Crippen LogP contribution in [0.15, 0.2) is 24.5 Å². The van der Waals surface area contributed by atoms with Crippen molar-refractivity contribution < 1.29 is 9.90 Å². The highest BCUT2D eigenvalue weighted by atomic mass is 16.3. The molecule has 6 heteroatoms. The van der Waals surface area contributed by atoms with E-state index in [1.54, 1.807) is 24.5 Å². The van der Waals surface area contributed by atoms with Gasteiger partial charge in [-0.05, 0) is 62.5 Å². The van der Waals surface area contributed by atoms with Crippen molar-refractivity contribution in [2.45, 2.75) is 38.6 Å². The maximum Gasteiger partial charge on any atom is 0.241 e. The molecule has 2 fully saturated rings. The largest absolute Gasteiger partial charge is 0.507 e. The molecule has 0 spiro atoms. The Balaban J connectivity index is 1.50. The maximum atomic E-state index is 12.6. The topological polar surface area (TPSA) is 93.2 Å². The third-order valence-electron chi connectivity index (χ3n) is 5.69. The fourth-order valence-electron chi connectivity index (χ4n) is 4.08. The van der Waals surface area contributed by atoms with Crippen LogP contribution in [0.3, 0.4) is 0 Å². The first-order chi connectivity index (χ1) is 12.5. The Kier molecular flexibility index (Phi) is 4.23. The van der Waals surface area contributed by atoms with Crippen molar-refractivity contribution in [1.29, 1.82) is 0 Å². The summed E-state index contributed by atoms with van der Waals surface area (Å²) >= 11 is 0. The van der Waals surface area contributed by atoms with E-state index in [9.17, 15) is 9.90 Å². The molecule has 2 saturated carbocycles. The van der Waals surface area contributed by atoms with E-state index in [0.717, 1.165) is 11.4 Å². The van der Waals surface area contributed by atoms with Crippen molar-refractivity contribution >= 4 is 11.6 Å². The van der Waals surface area contributed by atoms with Crippen molar-refractivity contribution in [2.24, 2.45) is 30.5 Å². The zero-order valence-electron chi connectivity index (χ0n) is 15.3. The number of anilines is 1. The summed E-state index contributed by atoms with van der Waals surface area (Å²) in [5.74, 6) is 1.50. The third kappa shape index (κ3) is 3.21. The zero-order chi connectivity index (χ0) is 18.4. The summed E-state index contributed by atoms with van der Waals surface area (Å²) in [6.45, 7) is 1.90. The zero-order valence-corrected chi connectivity index (χ0v) is 15.3. The van der Waals surface area contributed by atoms with Gasteiger partial charge in [0.25, 0.3) is 0 Å². The Hall–Kier alpha value is -2.34. The Morgan fingerprint density at radius 2 is 1.96 bits per heavy atom. The summed E-state index contributed by atoms with van der Waals surface area (Å²) in [5.41, 5.74) is 9.26. The van der Waals surface area contributed by atoms with Crippen LogP contribution in [0, 0.1) is 24.7 Å². The van der Waals surface area contributed by atoms with Crippen LogP contribution >= 0.6 is 0 Å². The summed E-state index contributed by atoms with van der Waals surface area (Å²) < 4.78 is 1.87. The number of carbonyl (C=O) groups is 1. The van der Waals surface area contributed by atoms with E-state index in [1.807, 2.05) is 18.5 Å². The molecule has 2 aliphatic rings. The molecule has 1 aromatic carbocycles. The predicted octanol–water partition coefficient (Wildman–Crippen LogP) is 2.80. The minimum atomic E-state index is -0.476. The number of phenols is 1. The van der Waals surface area contributed by atoms with Crippen molar-refractivity contribution in [3.8, 4) is 17.0 Å². The van der Waals surface area contributed by atoms with Gasteiger partial charge >= 0.3 is 0 Å². The van der Waals surface area contributed by atoms with Gasteiger partial charge in [0.05, 0.1) is 23.8 Å². The maximum absolute atomic E-state index is 12.6. The van der Waals surface area contributed by atoms with Gasteiger partial charge in [0, 0.05) is 24.4 Å². The molecular formula is C20H26N4O2. The lowest BCUT2D eigenvalue weighted by molar-refractivity contribution is -0.118. The van der Waals surface area contributed by atoms with Gasteiger partial charge in [-0.2, -0.15) is 0 Å². The highest BCUT2D eigenvalue weighted by Crippen LogP contribution is 2.50. The fourth-order valence-corrected chi connectivity index (χ4v) is 4.08. The van der Waals surface area contributed by atoms with Crippen LogP contribution < -0.4 is 11.1 Å². The standard InChI is InChI=1S/C20H26N4O2/c1-11-19(24(2)10-22-11)15-8-7-14(9-16(15)25)23-20(26)18(21)17(12-3-4-12)13-5-6-13/h7-10,12-13,17-18,25H,3-6,21H2,1-2H3,(H,23,26). The number of phenolic OH excluding ortho intramolecular Hbond substituents is 1. The van der Waals surface area contributed by atoms with E-state index in [2.05, 4.69) is 10.3 Å². The number of nitrogens with zero attached hydrogens (tertiary/aromatic N) is 2. The molecule has 0 aliphatic heterocycles. The Labute approximate surface area is 153 Å². The molecule has 2 aromatic rings. The molecule has 1 aromatic heterocycles. The lowest BCUT2D eigenvalue weighted by Crippen LogP contribution is -2.43. The Morgan fingerprint density at radius 1 is 1.31 bits per heavy atom. The molecule has 138 valence electrons. The molecule has 1 atom stereocenters. The first kappa shape index (κ1) is 17.1. The summed E-state index contributed by atoms with van der Waals surface area (Å²) in [6.07, 6.45) is 6.50. The predicted molar refractivity (Wildman–Crippen MR) is 101 cm³/mol. The average molecular weight is 354 g/mol. The minimum Gasteiger partial charge on any atom is -0.507 e. The molecule has 4 rings (SSSR count). The SMILES string of the molecule is Cc1ncn(C)c1-c1ccc(NC(=O)C(N)C(C2CC2)C2CC2)cc1O. The molecule has 0 radical (unpaired) electrons. The lowest BCUT2D eigenvalue weighted by Gasteiger charge is -2.23. The van der Waals surface area contributed by atoms with Gasteiger partial charge in [-0.3, -0.25) is 4.79 Å². The number of nitrogens with one attached hydrogen (secondary N) is 1. The number of hydrogen-bond acceptors (Lipinski definition) is 4. The van der Waals surface area contributed by atoms with Crippen LogP contribution in [0.4, 0.5) is 5.69 Å². The second-order valence-corrected chi connectivity index (χ2v) is 7.79. The van der Waals surface area contributed by atoms with Crippen LogP contribution in [0.1, 0.15) is 31.4 Å². The number of hydrogen-bond donors (Lipinski definition) is 3. The summed E-state index contributed by atoms with van der Waals surface area (Å²) in [5, 5.41) is 13.3. The third-order valence-corrected chi connectivity index (χ3v) is 5.69. The quantitative estimate of drug-likeness (QED) is 0.744. The van der Waals surface area contributed by atoms with Gasteiger partial charge in [-0.25, -0.2) is 4.98 Å². The number of nitrogens with two attached hydrogens (primary N) is 1. The lowest BCUT2D eigenvalue weighted by atomic mass is 9.89. The number of benzene rings is 1. The fraction of sp³-hybridized carbons (Fsp3) is 0.500. The molecule has 4 N–H and O–H groups in total. The highest BCUT2D eigenvalue weighted by molar-refractivity contribution is 5.95. The minimum absolute atomic E-state index is 0.115. The number of amides is 1. The molecule has 1 unspecified atom stereocenters. The van der Waals surface area contributed by atoms with Crippen molar-refractivity contribution in [3.63, 3.8) is 0 Å². The highest BCUT2D eigenvalue weighted by Gasteiger charge is 2.46. The monoisotopic (exact) mass is 354 g/mol. The first-order valence-electron chi connectivity index (χ1n) is 9.33. The number of aryl methyl sites for hydroxylation is 2. The summed E-state index contributed by atoms with van der Waals surface area (Å²) in [6, 6.07) is 4.71. The number of imidazole rings is 1. The molecule has 0 saturated heterocycles. The molecule has 1 amide bonds. The molecule has 2 aliphatic carbocycles. The van der Waals surface area contributed by atoms with Gasteiger partial charge < -0.3 is 20.7 Å². The average Bonchev–Trinajstić information content (AvgIpc) is 3.51. The van der Waals surface area contributed by atoms with Crippen molar-refractivity contribution in [2.75, 3.05) is 5.32 Å². The van der Waals surface area contributed by atoms with Crippen LogP contribution in [0.25, 0.3) is 11.3 Å². The van der Waals surface area contributed by atoms with Gasteiger partial charge in [0.2, 0.25) is 5.91 Å². The molecular weight excluding hydrogens is 328 g/mol. The molecule has 6 nitrogen and oxygen atoms in total. The number of aromatic nitrogens is 2. The normalized spacial score (nSPS) is 18.2. The Morgan fingerprint density at radius 3 is 2.46 bits per heavy atom. The van der Waals surface area contributed by atoms with E-state index in [0.29, 0.717) is 29.0 Å². The number of carbonyl (C=O) groups excluding carboxylic acids is 1. The van der Waals surface area contributed by atoms with E-state index >= 15 is 0 Å². The molecule has 0 bridgehead atoms. The van der Waals surface area contributed by atoms with Crippen LogP contribution in [-0.2, 0) is 11.8 Å². The van der Waals surface area contributed by atoms with E-state index < -0.39 is 6.04 Å². The number of aromatic hydroxyl groups is 1. The first-order valence-corrected chi connectivity index (χ1v) is 9.33. The smallest absolute Gasteiger partial charge is 0.241 e. The van der Waals surface area contributed by atoms with Crippen molar-refractivity contribution in [3.05, 3.63) is 30.2 Å².